The molecule has 0 aromatic carbocycles. The summed E-state index contributed by atoms with van der Waals surface area (Å²) in [4.78, 5) is 36.7. The Hall–Kier alpha value is -1.63. The molecule has 1 aliphatic heterocycles. The topological polar surface area (TPSA) is 78.5 Å². The lowest BCUT2D eigenvalue weighted by Gasteiger charge is -2.17. The van der Waals surface area contributed by atoms with Crippen LogP contribution in [-0.4, -0.2) is 26.4 Å². The lowest BCUT2D eigenvalue weighted by atomic mass is 10.3. The lowest BCUT2D eigenvalue weighted by Crippen LogP contribution is -2.55. The molecular weight excluding hydrogens is 250 g/mol. The van der Waals surface area contributed by atoms with E-state index in [1.165, 1.54) is 0 Å². The molecule has 1 aromatic rings. The fourth-order valence-electron chi connectivity index (χ4n) is 2.04. The van der Waals surface area contributed by atoms with Gasteiger partial charge >= 0.3 is 17.1 Å². The monoisotopic (exact) mass is 269 g/mol. The molecule has 0 N–H and O–H groups in total. The van der Waals surface area contributed by atoms with E-state index in [4.69, 9.17) is 4.74 Å². The van der Waals surface area contributed by atoms with Crippen LogP contribution in [0.3, 0.4) is 0 Å². The van der Waals surface area contributed by atoms with E-state index in [1.54, 1.807) is 27.7 Å². The van der Waals surface area contributed by atoms with E-state index in [0.29, 0.717) is 6.61 Å². The summed E-state index contributed by atoms with van der Waals surface area (Å²) in [5.41, 5.74) is -1.66. The van der Waals surface area contributed by atoms with E-state index in [1.807, 2.05) is 0 Å². The number of ether oxygens (including phenoxy) is 1. The first-order chi connectivity index (χ1) is 8.84. The van der Waals surface area contributed by atoms with Crippen LogP contribution in [0.5, 0.6) is 0 Å². The van der Waals surface area contributed by atoms with Crippen molar-refractivity contribution < 1.29 is 4.74 Å². The number of rotatable bonds is 4. The molecule has 2 rings (SSSR count). The lowest BCUT2D eigenvalue weighted by molar-refractivity contribution is 0.346. The molecule has 0 spiro atoms. The Morgan fingerprint density at radius 3 is 1.74 bits per heavy atom. The Balaban J connectivity index is 2.76. The molecule has 19 heavy (non-hydrogen) atoms. The summed E-state index contributed by atoms with van der Waals surface area (Å²) in [6.07, 6.45) is -0.0934. The molecule has 0 amide bonds. The number of nitrogens with zero attached hydrogens (tertiary/aromatic N) is 3. The molecule has 1 aromatic heterocycles. The van der Waals surface area contributed by atoms with E-state index >= 15 is 0 Å². The quantitative estimate of drug-likeness (QED) is 0.705. The molecule has 0 saturated carbocycles. The minimum atomic E-state index is -0.558. The van der Waals surface area contributed by atoms with E-state index in [2.05, 4.69) is 0 Å². The molecule has 1 saturated heterocycles. The summed E-state index contributed by atoms with van der Waals surface area (Å²) in [5.74, 6) is 0. The highest BCUT2D eigenvalue weighted by atomic mass is 16.6. The first kappa shape index (κ1) is 13.8. The van der Waals surface area contributed by atoms with Gasteiger partial charge in [-0.3, -0.25) is 0 Å². The van der Waals surface area contributed by atoms with Crippen LogP contribution >= 0.6 is 0 Å². The number of epoxide rings is 1. The zero-order chi connectivity index (χ0) is 14.3. The van der Waals surface area contributed by atoms with Crippen molar-refractivity contribution in [3.8, 4) is 0 Å². The van der Waals surface area contributed by atoms with Crippen molar-refractivity contribution >= 4 is 0 Å². The third-order valence-corrected chi connectivity index (χ3v) is 3.11. The summed E-state index contributed by atoms with van der Waals surface area (Å²) >= 11 is 0. The highest BCUT2D eigenvalue weighted by Gasteiger charge is 2.27. The van der Waals surface area contributed by atoms with Gasteiger partial charge in [-0.15, -0.1) is 0 Å². The van der Waals surface area contributed by atoms with Crippen LogP contribution < -0.4 is 17.1 Å². The molecule has 1 unspecified atom stereocenters. The van der Waals surface area contributed by atoms with Gasteiger partial charge in [0, 0.05) is 12.1 Å². The minimum absolute atomic E-state index is 0.0934. The second-order valence-electron chi connectivity index (χ2n) is 5.34. The van der Waals surface area contributed by atoms with Gasteiger partial charge in [0.1, 0.15) is 0 Å². The molecular formula is C12H19N3O4. The van der Waals surface area contributed by atoms with Crippen molar-refractivity contribution in [2.45, 2.75) is 52.4 Å². The molecule has 7 heteroatoms. The molecule has 7 nitrogen and oxygen atoms in total. The molecule has 1 aliphatic rings. The normalized spacial score (nSPS) is 18.3. The van der Waals surface area contributed by atoms with Crippen molar-refractivity contribution in [2.24, 2.45) is 0 Å². The van der Waals surface area contributed by atoms with Crippen LogP contribution in [0.2, 0.25) is 0 Å². The van der Waals surface area contributed by atoms with E-state index in [9.17, 15) is 14.4 Å². The zero-order valence-corrected chi connectivity index (χ0v) is 11.6. The predicted octanol–water partition coefficient (Wildman–Crippen LogP) is -0.268. The first-order valence-electron chi connectivity index (χ1n) is 6.44. The van der Waals surface area contributed by atoms with E-state index in [-0.39, 0.29) is 24.7 Å². The SMILES string of the molecule is CC(C)n1c(=O)n(CC2CO2)c(=O)n(C(C)C)c1=O. The number of hydrogen-bond acceptors (Lipinski definition) is 4. The van der Waals surface area contributed by atoms with Crippen molar-refractivity contribution in [2.75, 3.05) is 6.61 Å². The van der Waals surface area contributed by atoms with Crippen molar-refractivity contribution in [1.29, 1.82) is 0 Å². The second-order valence-corrected chi connectivity index (χ2v) is 5.34. The van der Waals surface area contributed by atoms with Crippen molar-refractivity contribution in [3.05, 3.63) is 31.5 Å². The summed E-state index contributed by atoms with van der Waals surface area (Å²) < 4.78 is 8.38. The molecule has 0 radical (unpaired) electrons. The Labute approximate surface area is 110 Å². The van der Waals surface area contributed by atoms with Crippen LogP contribution in [0.15, 0.2) is 14.4 Å². The van der Waals surface area contributed by atoms with Gasteiger partial charge < -0.3 is 4.74 Å². The highest BCUT2D eigenvalue weighted by Crippen LogP contribution is 2.09. The fourth-order valence-corrected chi connectivity index (χ4v) is 2.04. The summed E-state index contributed by atoms with van der Waals surface area (Å²) in [6, 6.07) is -0.589. The van der Waals surface area contributed by atoms with Gasteiger partial charge in [-0.05, 0) is 27.7 Å². The van der Waals surface area contributed by atoms with Crippen LogP contribution in [0, 0.1) is 0 Å². The van der Waals surface area contributed by atoms with Crippen LogP contribution in [0.4, 0.5) is 0 Å². The predicted molar refractivity (Wildman–Crippen MR) is 69.7 cm³/mol. The summed E-state index contributed by atoms with van der Waals surface area (Å²) in [6.45, 7) is 7.74. The highest BCUT2D eigenvalue weighted by molar-refractivity contribution is 4.85. The fraction of sp³-hybridized carbons (Fsp3) is 0.750. The Kier molecular flexibility index (Phi) is 3.49. The van der Waals surface area contributed by atoms with Gasteiger partial charge in [0.2, 0.25) is 0 Å². The largest absolute Gasteiger partial charge is 0.371 e. The maximum absolute atomic E-state index is 12.2. The molecule has 106 valence electrons. The Bertz CT molecular complexity index is 600. The van der Waals surface area contributed by atoms with Crippen LogP contribution in [0.1, 0.15) is 39.8 Å². The molecule has 0 bridgehead atoms. The third kappa shape index (κ3) is 2.42. The third-order valence-electron chi connectivity index (χ3n) is 3.11. The Morgan fingerprint density at radius 2 is 1.42 bits per heavy atom. The average Bonchev–Trinajstić information content (AvgIpc) is 3.06. The maximum Gasteiger partial charge on any atom is 0.336 e. The molecule has 2 heterocycles. The van der Waals surface area contributed by atoms with Crippen LogP contribution in [-0.2, 0) is 11.3 Å². The van der Waals surface area contributed by atoms with Gasteiger partial charge in [0.25, 0.3) is 0 Å². The number of aromatic nitrogens is 3. The van der Waals surface area contributed by atoms with Gasteiger partial charge in [-0.25, -0.2) is 28.1 Å². The van der Waals surface area contributed by atoms with E-state index < -0.39 is 17.1 Å². The Morgan fingerprint density at radius 1 is 1.00 bits per heavy atom. The van der Waals surface area contributed by atoms with Gasteiger partial charge in [0.05, 0.1) is 19.3 Å². The zero-order valence-electron chi connectivity index (χ0n) is 11.6. The minimum Gasteiger partial charge on any atom is -0.371 e. The second kappa shape index (κ2) is 4.80. The standard InChI is InChI=1S/C12H19N3O4/c1-7(2)14-10(16)13(5-9-6-19-9)11(17)15(8(3)4)12(14)18/h7-9H,5-6H2,1-4H3. The van der Waals surface area contributed by atoms with Gasteiger partial charge in [-0.2, -0.15) is 0 Å². The van der Waals surface area contributed by atoms with Crippen molar-refractivity contribution in [1.82, 2.24) is 13.7 Å². The van der Waals surface area contributed by atoms with Gasteiger partial charge in [0.15, 0.2) is 0 Å². The molecule has 1 fully saturated rings. The van der Waals surface area contributed by atoms with Crippen LogP contribution in [0.25, 0.3) is 0 Å². The maximum atomic E-state index is 12.2. The average molecular weight is 269 g/mol. The van der Waals surface area contributed by atoms with Gasteiger partial charge in [-0.1, -0.05) is 0 Å². The summed E-state index contributed by atoms with van der Waals surface area (Å²) in [7, 11) is 0. The van der Waals surface area contributed by atoms with E-state index in [0.717, 1.165) is 13.7 Å². The number of hydrogen-bond donors (Lipinski definition) is 0. The molecule has 1 atom stereocenters. The first-order valence-corrected chi connectivity index (χ1v) is 6.44. The molecule has 0 aliphatic carbocycles. The summed E-state index contributed by atoms with van der Waals surface area (Å²) in [5, 5.41) is 0. The smallest absolute Gasteiger partial charge is 0.336 e. The van der Waals surface area contributed by atoms with Crippen molar-refractivity contribution in [3.63, 3.8) is 0 Å².